The van der Waals surface area contributed by atoms with Crippen LogP contribution in [-0.4, -0.2) is 11.7 Å². The lowest BCUT2D eigenvalue weighted by Crippen LogP contribution is -2.19. The van der Waals surface area contributed by atoms with E-state index in [-0.39, 0.29) is 11.6 Å². The van der Waals surface area contributed by atoms with E-state index in [2.05, 4.69) is 4.90 Å². The summed E-state index contributed by atoms with van der Waals surface area (Å²) >= 11 is 0. The Balaban J connectivity index is 1.86. The van der Waals surface area contributed by atoms with E-state index in [4.69, 9.17) is 5.73 Å². The van der Waals surface area contributed by atoms with Crippen molar-refractivity contribution in [2.45, 2.75) is 13.0 Å². The molecule has 1 aliphatic heterocycles. The number of nitrogens with zero attached hydrogens (tertiary/aromatic N) is 1. The van der Waals surface area contributed by atoms with Crippen LogP contribution in [0.2, 0.25) is 0 Å². The van der Waals surface area contributed by atoms with Crippen molar-refractivity contribution in [2.24, 2.45) is 0 Å². The Labute approximate surface area is 111 Å². The van der Waals surface area contributed by atoms with Gasteiger partial charge in [0.15, 0.2) is 0 Å². The molecule has 0 saturated carbocycles. The molecule has 3 N–H and O–H groups in total. The van der Waals surface area contributed by atoms with Crippen molar-refractivity contribution in [1.82, 2.24) is 0 Å². The van der Waals surface area contributed by atoms with Crippen LogP contribution < -0.4 is 10.6 Å². The molecule has 0 aliphatic carbocycles. The fourth-order valence-electron chi connectivity index (χ4n) is 2.51. The highest BCUT2D eigenvalue weighted by molar-refractivity contribution is 5.59. The maximum Gasteiger partial charge on any atom is 0.138 e. The zero-order valence-corrected chi connectivity index (χ0v) is 10.4. The first-order chi connectivity index (χ1) is 9.13. The summed E-state index contributed by atoms with van der Waals surface area (Å²) in [6, 6.07) is 10.1. The van der Waals surface area contributed by atoms with Crippen LogP contribution in [0.4, 0.5) is 15.8 Å². The minimum absolute atomic E-state index is 0.0941. The highest BCUT2D eigenvalue weighted by Crippen LogP contribution is 2.31. The van der Waals surface area contributed by atoms with E-state index >= 15 is 0 Å². The molecule has 0 unspecified atom stereocenters. The molecule has 0 aromatic heterocycles. The molecule has 0 radical (unpaired) electrons. The summed E-state index contributed by atoms with van der Waals surface area (Å²) in [6.45, 7) is 1.54. The molecule has 0 spiro atoms. The van der Waals surface area contributed by atoms with Gasteiger partial charge in [0.25, 0.3) is 0 Å². The van der Waals surface area contributed by atoms with Gasteiger partial charge in [-0.2, -0.15) is 0 Å². The minimum Gasteiger partial charge on any atom is -0.506 e. The van der Waals surface area contributed by atoms with Crippen molar-refractivity contribution in [3.05, 3.63) is 53.3 Å². The highest BCUT2D eigenvalue weighted by atomic mass is 19.1. The van der Waals surface area contributed by atoms with Gasteiger partial charge in [-0.1, -0.05) is 12.1 Å². The lowest BCUT2D eigenvalue weighted by Gasteiger charge is -2.19. The first kappa shape index (κ1) is 11.8. The third-order valence-corrected chi connectivity index (χ3v) is 3.50. The van der Waals surface area contributed by atoms with Gasteiger partial charge in [0.1, 0.15) is 11.6 Å². The highest BCUT2D eigenvalue weighted by Gasteiger charge is 2.19. The van der Waals surface area contributed by atoms with Crippen LogP contribution in [0.25, 0.3) is 0 Å². The number of nitrogen functional groups attached to an aromatic ring is 1. The van der Waals surface area contributed by atoms with Crippen LogP contribution in [-0.2, 0) is 13.0 Å². The fourth-order valence-corrected chi connectivity index (χ4v) is 2.51. The van der Waals surface area contributed by atoms with Gasteiger partial charge in [-0.3, -0.25) is 0 Å². The lowest BCUT2D eigenvalue weighted by molar-refractivity contribution is 0.477. The number of phenolic OH excluding ortho intramolecular Hbond substituents is 1. The standard InChI is InChI=1S/C15H15FN2O/c16-12-3-2-11-5-6-18(14(11)8-12)9-10-1-4-15(19)13(17)7-10/h1-4,7-8,19H,5-6,9,17H2. The van der Waals surface area contributed by atoms with E-state index in [0.29, 0.717) is 12.2 Å². The van der Waals surface area contributed by atoms with Crippen LogP contribution in [0.5, 0.6) is 5.75 Å². The molecular formula is C15H15FN2O. The second kappa shape index (κ2) is 4.46. The minimum atomic E-state index is -0.212. The molecule has 0 saturated heterocycles. The predicted octanol–water partition coefficient (Wildman–Crippen LogP) is 2.68. The molecule has 98 valence electrons. The number of aromatic hydroxyl groups is 1. The monoisotopic (exact) mass is 258 g/mol. The average Bonchev–Trinajstić information content (AvgIpc) is 2.77. The molecule has 0 bridgehead atoms. The van der Waals surface area contributed by atoms with Crippen molar-refractivity contribution in [3.63, 3.8) is 0 Å². The first-order valence-corrected chi connectivity index (χ1v) is 6.24. The molecule has 19 heavy (non-hydrogen) atoms. The van der Waals surface area contributed by atoms with Gasteiger partial charge in [-0.05, 0) is 41.8 Å². The smallest absolute Gasteiger partial charge is 0.138 e. The molecule has 2 aromatic rings. The topological polar surface area (TPSA) is 49.5 Å². The second-order valence-electron chi connectivity index (χ2n) is 4.84. The number of phenols is 1. The third kappa shape index (κ3) is 2.21. The number of benzene rings is 2. The molecule has 0 atom stereocenters. The predicted molar refractivity (Wildman–Crippen MR) is 73.7 cm³/mol. The van der Waals surface area contributed by atoms with Crippen LogP contribution in [0.3, 0.4) is 0 Å². The van der Waals surface area contributed by atoms with Crippen LogP contribution in [0.15, 0.2) is 36.4 Å². The maximum absolute atomic E-state index is 13.3. The van der Waals surface area contributed by atoms with E-state index < -0.39 is 0 Å². The van der Waals surface area contributed by atoms with Crippen molar-refractivity contribution >= 4 is 11.4 Å². The molecule has 3 rings (SSSR count). The number of anilines is 2. The van der Waals surface area contributed by atoms with Crippen molar-refractivity contribution in [1.29, 1.82) is 0 Å². The van der Waals surface area contributed by atoms with Crippen LogP contribution in [0, 0.1) is 5.82 Å². The van der Waals surface area contributed by atoms with E-state index in [9.17, 15) is 9.50 Å². The number of hydrogen-bond donors (Lipinski definition) is 2. The zero-order valence-electron chi connectivity index (χ0n) is 10.4. The van der Waals surface area contributed by atoms with Gasteiger partial charge in [-0.25, -0.2) is 4.39 Å². The first-order valence-electron chi connectivity index (χ1n) is 6.24. The van der Waals surface area contributed by atoms with Gasteiger partial charge in [0.2, 0.25) is 0 Å². The number of rotatable bonds is 2. The number of hydrogen-bond acceptors (Lipinski definition) is 3. The normalized spacial score (nSPS) is 13.6. The van der Waals surface area contributed by atoms with Crippen LogP contribution >= 0.6 is 0 Å². The van der Waals surface area contributed by atoms with E-state index in [1.165, 1.54) is 11.6 Å². The number of nitrogens with two attached hydrogens (primary N) is 1. The summed E-state index contributed by atoms with van der Waals surface area (Å²) in [7, 11) is 0. The van der Waals surface area contributed by atoms with Crippen molar-refractivity contribution < 1.29 is 9.50 Å². The quantitative estimate of drug-likeness (QED) is 0.643. The average molecular weight is 258 g/mol. The Kier molecular flexibility index (Phi) is 2.78. The van der Waals surface area contributed by atoms with E-state index in [1.54, 1.807) is 18.2 Å². The Hall–Kier alpha value is -2.23. The molecule has 3 nitrogen and oxygen atoms in total. The molecular weight excluding hydrogens is 243 g/mol. The van der Waals surface area contributed by atoms with E-state index in [0.717, 1.165) is 24.2 Å². The summed E-state index contributed by atoms with van der Waals surface area (Å²) in [6.07, 6.45) is 0.934. The molecule has 0 amide bonds. The van der Waals surface area contributed by atoms with Gasteiger partial charge in [-0.15, -0.1) is 0 Å². The Morgan fingerprint density at radius 1 is 1.21 bits per heavy atom. The molecule has 1 heterocycles. The number of halogens is 1. The summed E-state index contributed by atoms with van der Waals surface area (Å²) in [5.41, 5.74) is 9.19. The van der Waals surface area contributed by atoms with Gasteiger partial charge < -0.3 is 15.7 Å². The summed E-state index contributed by atoms with van der Waals surface area (Å²) < 4.78 is 13.3. The summed E-state index contributed by atoms with van der Waals surface area (Å²) in [5, 5.41) is 9.41. The lowest BCUT2D eigenvalue weighted by atomic mass is 10.1. The van der Waals surface area contributed by atoms with Gasteiger partial charge in [0.05, 0.1) is 5.69 Å². The third-order valence-electron chi connectivity index (χ3n) is 3.50. The second-order valence-corrected chi connectivity index (χ2v) is 4.84. The summed E-state index contributed by atoms with van der Waals surface area (Å²) in [4.78, 5) is 2.13. The SMILES string of the molecule is Nc1cc(CN2CCc3ccc(F)cc32)ccc1O. The van der Waals surface area contributed by atoms with Crippen molar-refractivity contribution in [3.8, 4) is 5.75 Å². The molecule has 1 aliphatic rings. The van der Waals surface area contributed by atoms with Gasteiger partial charge in [0, 0.05) is 18.8 Å². The number of fused-ring (bicyclic) bond motifs is 1. The molecule has 0 fully saturated rings. The summed E-state index contributed by atoms with van der Waals surface area (Å²) in [5.74, 6) is -0.118. The van der Waals surface area contributed by atoms with Crippen molar-refractivity contribution in [2.75, 3.05) is 17.2 Å². The Morgan fingerprint density at radius 3 is 2.84 bits per heavy atom. The zero-order chi connectivity index (χ0) is 13.4. The maximum atomic E-state index is 13.3. The largest absolute Gasteiger partial charge is 0.506 e. The Bertz CT molecular complexity index is 628. The molecule has 2 aromatic carbocycles. The van der Waals surface area contributed by atoms with Crippen LogP contribution in [0.1, 0.15) is 11.1 Å². The van der Waals surface area contributed by atoms with E-state index in [1.807, 2.05) is 12.1 Å². The fraction of sp³-hybridized carbons (Fsp3) is 0.200. The van der Waals surface area contributed by atoms with Gasteiger partial charge >= 0.3 is 0 Å². The molecule has 4 heteroatoms. The Morgan fingerprint density at radius 2 is 2.05 bits per heavy atom.